The molecule has 0 spiro atoms. The number of hydrogen-bond acceptors (Lipinski definition) is 6. The molecule has 0 unspecified atom stereocenters. The van der Waals surface area contributed by atoms with Gasteiger partial charge in [-0.2, -0.15) is 0 Å². The number of esters is 1. The Bertz CT molecular complexity index is 622. The van der Waals surface area contributed by atoms with Crippen LogP contribution in [0.15, 0.2) is 12.3 Å². The minimum Gasteiger partial charge on any atom is -0.464 e. The van der Waals surface area contributed by atoms with Gasteiger partial charge in [0.2, 0.25) is 0 Å². The van der Waals surface area contributed by atoms with Crippen LogP contribution in [-0.4, -0.2) is 60.8 Å². The van der Waals surface area contributed by atoms with Gasteiger partial charge in [0, 0.05) is 32.2 Å². The molecule has 0 atom stereocenters. The SMILES string of the molecule is COC(=O)c1ncc(N2CCN(C(=O)OC(C)(C)C)CC2)cc1F. The summed E-state index contributed by atoms with van der Waals surface area (Å²) in [5.74, 6) is -1.54. The van der Waals surface area contributed by atoms with Crippen molar-refractivity contribution in [1.29, 1.82) is 0 Å². The van der Waals surface area contributed by atoms with Gasteiger partial charge in [0.05, 0.1) is 19.0 Å². The van der Waals surface area contributed by atoms with Crippen LogP contribution in [-0.2, 0) is 9.47 Å². The third-order valence-electron chi connectivity index (χ3n) is 3.50. The standard InChI is InChI=1S/C16H22FN3O4/c1-16(2,3)24-15(22)20-7-5-19(6-8-20)11-9-12(17)13(18-10-11)14(21)23-4/h9-10H,5-8H2,1-4H3. The Kier molecular flexibility index (Phi) is 5.26. The first-order chi connectivity index (χ1) is 11.2. The number of piperazine rings is 1. The molecule has 1 amide bonds. The van der Waals surface area contributed by atoms with E-state index in [9.17, 15) is 14.0 Å². The number of pyridine rings is 1. The fraction of sp³-hybridized carbons (Fsp3) is 0.562. The summed E-state index contributed by atoms with van der Waals surface area (Å²) in [7, 11) is 1.17. The van der Waals surface area contributed by atoms with E-state index < -0.39 is 17.4 Å². The molecule has 132 valence electrons. The fourth-order valence-electron chi connectivity index (χ4n) is 2.32. The largest absolute Gasteiger partial charge is 0.464 e. The summed E-state index contributed by atoms with van der Waals surface area (Å²) in [4.78, 5) is 30.7. The predicted molar refractivity (Wildman–Crippen MR) is 85.6 cm³/mol. The lowest BCUT2D eigenvalue weighted by Crippen LogP contribution is -2.50. The summed E-state index contributed by atoms with van der Waals surface area (Å²) in [5, 5.41) is 0. The summed E-state index contributed by atoms with van der Waals surface area (Å²) in [5.41, 5.74) is -0.317. The fourth-order valence-corrected chi connectivity index (χ4v) is 2.32. The summed E-state index contributed by atoms with van der Waals surface area (Å²) in [6, 6.07) is 1.25. The zero-order chi connectivity index (χ0) is 17.9. The Morgan fingerprint density at radius 3 is 2.33 bits per heavy atom. The van der Waals surface area contributed by atoms with Crippen LogP contribution in [0.3, 0.4) is 0 Å². The molecule has 0 radical (unpaired) electrons. The molecule has 0 aliphatic carbocycles. The number of halogens is 1. The van der Waals surface area contributed by atoms with Gasteiger partial charge in [-0.3, -0.25) is 0 Å². The second-order valence-corrected chi connectivity index (χ2v) is 6.47. The zero-order valence-corrected chi connectivity index (χ0v) is 14.3. The minimum absolute atomic E-state index is 0.339. The van der Waals surface area contributed by atoms with Gasteiger partial charge in [-0.25, -0.2) is 19.0 Å². The average molecular weight is 339 g/mol. The van der Waals surface area contributed by atoms with Crippen molar-refractivity contribution in [3.63, 3.8) is 0 Å². The molecule has 24 heavy (non-hydrogen) atoms. The molecule has 7 nitrogen and oxygen atoms in total. The number of carbonyl (C=O) groups is 2. The maximum atomic E-state index is 14.0. The molecule has 0 N–H and O–H groups in total. The highest BCUT2D eigenvalue weighted by atomic mass is 19.1. The first-order valence-corrected chi connectivity index (χ1v) is 7.68. The third-order valence-corrected chi connectivity index (χ3v) is 3.50. The lowest BCUT2D eigenvalue weighted by atomic mass is 10.2. The van der Waals surface area contributed by atoms with Gasteiger partial charge in [0.1, 0.15) is 5.60 Å². The molecule has 0 aromatic carbocycles. The van der Waals surface area contributed by atoms with Gasteiger partial charge in [0.25, 0.3) is 0 Å². The van der Waals surface area contributed by atoms with Crippen LogP contribution in [0, 0.1) is 5.82 Å². The number of anilines is 1. The van der Waals surface area contributed by atoms with Crippen LogP contribution in [0.5, 0.6) is 0 Å². The van der Waals surface area contributed by atoms with Crippen LogP contribution in [0.1, 0.15) is 31.3 Å². The number of carbonyl (C=O) groups excluding carboxylic acids is 2. The Balaban J connectivity index is 1.98. The van der Waals surface area contributed by atoms with Crippen molar-refractivity contribution >= 4 is 17.7 Å². The molecule has 8 heteroatoms. The number of methoxy groups -OCH3 is 1. The van der Waals surface area contributed by atoms with Crippen molar-refractivity contribution in [3.05, 3.63) is 23.8 Å². The second-order valence-electron chi connectivity index (χ2n) is 6.47. The summed E-state index contributed by atoms with van der Waals surface area (Å²) < 4.78 is 23.8. The van der Waals surface area contributed by atoms with Crippen molar-refractivity contribution in [2.75, 3.05) is 38.2 Å². The maximum absolute atomic E-state index is 14.0. The van der Waals surface area contributed by atoms with E-state index in [2.05, 4.69) is 9.72 Å². The van der Waals surface area contributed by atoms with E-state index >= 15 is 0 Å². The molecule has 2 rings (SSSR count). The van der Waals surface area contributed by atoms with E-state index in [4.69, 9.17) is 4.74 Å². The van der Waals surface area contributed by atoms with Crippen molar-refractivity contribution in [1.82, 2.24) is 9.88 Å². The molecular weight excluding hydrogens is 317 g/mol. The average Bonchev–Trinajstić information content (AvgIpc) is 2.52. The van der Waals surface area contributed by atoms with Crippen molar-refractivity contribution < 1.29 is 23.5 Å². The van der Waals surface area contributed by atoms with Crippen LogP contribution in [0.25, 0.3) is 0 Å². The summed E-state index contributed by atoms with van der Waals surface area (Å²) in [6.07, 6.45) is 1.07. The topological polar surface area (TPSA) is 72.0 Å². The van der Waals surface area contributed by atoms with E-state index in [0.29, 0.717) is 31.9 Å². The molecule has 0 saturated carbocycles. The molecule has 1 saturated heterocycles. The second kappa shape index (κ2) is 7.02. The molecule has 2 heterocycles. The normalized spacial score (nSPS) is 15.2. The zero-order valence-electron chi connectivity index (χ0n) is 14.3. The third kappa shape index (κ3) is 4.33. The Hall–Kier alpha value is -2.38. The predicted octanol–water partition coefficient (Wildman–Crippen LogP) is 2.06. The highest BCUT2D eigenvalue weighted by Gasteiger charge is 2.26. The molecule has 0 bridgehead atoms. The Morgan fingerprint density at radius 1 is 1.21 bits per heavy atom. The number of hydrogen-bond donors (Lipinski definition) is 0. The molecule has 1 aliphatic heterocycles. The Morgan fingerprint density at radius 2 is 1.83 bits per heavy atom. The molecule has 1 aliphatic rings. The van der Waals surface area contributed by atoms with Gasteiger partial charge < -0.3 is 19.3 Å². The van der Waals surface area contributed by atoms with Gasteiger partial charge >= 0.3 is 12.1 Å². The van der Waals surface area contributed by atoms with E-state index in [1.165, 1.54) is 19.4 Å². The minimum atomic E-state index is -0.811. The van der Waals surface area contributed by atoms with Gasteiger partial charge in [-0.15, -0.1) is 0 Å². The lowest BCUT2D eigenvalue weighted by Gasteiger charge is -2.36. The summed E-state index contributed by atoms with van der Waals surface area (Å²) >= 11 is 0. The van der Waals surface area contributed by atoms with Gasteiger partial charge in [-0.05, 0) is 20.8 Å². The lowest BCUT2D eigenvalue weighted by molar-refractivity contribution is 0.0240. The first kappa shape index (κ1) is 18.0. The van der Waals surface area contributed by atoms with Crippen molar-refractivity contribution in [2.24, 2.45) is 0 Å². The smallest absolute Gasteiger partial charge is 0.410 e. The van der Waals surface area contributed by atoms with Crippen LogP contribution in [0.4, 0.5) is 14.9 Å². The van der Waals surface area contributed by atoms with E-state index in [0.717, 1.165) is 0 Å². The number of nitrogens with zero attached hydrogens (tertiary/aromatic N) is 3. The van der Waals surface area contributed by atoms with Crippen molar-refractivity contribution in [2.45, 2.75) is 26.4 Å². The number of ether oxygens (including phenoxy) is 2. The van der Waals surface area contributed by atoms with Crippen molar-refractivity contribution in [3.8, 4) is 0 Å². The number of aromatic nitrogens is 1. The van der Waals surface area contributed by atoms with Crippen LogP contribution >= 0.6 is 0 Å². The van der Waals surface area contributed by atoms with E-state index in [-0.39, 0.29) is 11.8 Å². The van der Waals surface area contributed by atoms with E-state index in [1.807, 2.05) is 25.7 Å². The number of amides is 1. The quantitative estimate of drug-likeness (QED) is 0.768. The molecular formula is C16H22FN3O4. The highest BCUT2D eigenvalue weighted by molar-refractivity contribution is 5.87. The van der Waals surface area contributed by atoms with Crippen LogP contribution < -0.4 is 4.90 Å². The first-order valence-electron chi connectivity index (χ1n) is 7.68. The molecule has 1 fully saturated rings. The summed E-state index contributed by atoms with van der Waals surface area (Å²) in [6.45, 7) is 7.44. The van der Waals surface area contributed by atoms with Gasteiger partial charge in [0.15, 0.2) is 11.5 Å². The molecule has 1 aromatic heterocycles. The van der Waals surface area contributed by atoms with Crippen LogP contribution in [0.2, 0.25) is 0 Å². The maximum Gasteiger partial charge on any atom is 0.410 e. The highest BCUT2D eigenvalue weighted by Crippen LogP contribution is 2.19. The Labute approximate surface area is 140 Å². The number of rotatable bonds is 2. The monoisotopic (exact) mass is 339 g/mol. The van der Waals surface area contributed by atoms with E-state index in [1.54, 1.807) is 4.90 Å². The van der Waals surface area contributed by atoms with Gasteiger partial charge in [-0.1, -0.05) is 0 Å². The molecule has 1 aromatic rings.